The maximum atomic E-state index is 13.3. The molecule has 0 spiro atoms. The first-order valence-electron chi connectivity index (χ1n) is 11.1. The van der Waals surface area contributed by atoms with Gasteiger partial charge < -0.3 is 19.5 Å². The Morgan fingerprint density at radius 3 is 2.31 bits per heavy atom. The predicted octanol–water partition coefficient (Wildman–Crippen LogP) is 4.77. The van der Waals surface area contributed by atoms with E-state index in [2.05, 4.69) is 0 Å². The Morgan fingerprint density at radius 1 is 0.969 bits per heavy atom. The number of carbonyl (C=O) groups excluding carboxylic acids is 2. The minimum atomic E-state index is -0.698. The average molecular weight is 436 g/mol. The Kier molecular flexibility index (Phi) is 6.21. The van der Waals surface area contributed by atoms with E-state index in [1.165, 1.54) is 0 Å². The number of amides is 1. The van der Waals surface area contributed by atoms with Crippen molar-refractivity contribution < 1.29 is 24.2 Å². The summed E-state index contributed by atoms with van der Waals surface area (Å²) in [4.78, 5) is 28.2. The number of ketones is 1. The number of hydrogen-bond acceptors (Lipinski definition) is 5. The van der Waals surface area contributed by atoms with Crippen molar-refractivity contribution in [2.45, 2.75) is 51.1 Å². The number of nitrogens with zero attached hydrogens (tertiary/aromatic N) is 1. The molecular weight excluding hydrogens is 406 g/mol. The molecule has 1 amide bonds. The van der Waals surface area contributed by atoms with Gasteiger partial charge in [0.05, 0.1) is 25.8 Å². The van der Waals surface area contributed by atoms with Crippen LogP contribution in [0.3, 0.4) is 0 Å². The van der Waals surface area contributed by atoms with Gasteiger partial charge >= 0.3 is 0 Å². The number of para-hydroxylation sites is 1. The lowest BCUT2D eigenvalue weighted by molar-refractivity contribution is -0.141. The van der Waals surface area contributed by atoms with Gasteiger partial charge in [-0.25, -0.2) is 0 Å². The molecule has 32 heavy (non-hydrogen) atoms. The number of hydrogen-bond donors (Lipinski definition) is 1. The normalized spacial score (nSPS) is 21.1. The van der Waals surface area contributed by atoms with Crippen LogP contribution in [-0.4, -0.2) is 42.0 Å². The monoisotopic (exact) mass is 435 g/mol. The van der Waals surface area contributed by atoms with Crippen LogP contribution in [0.4, 0.5) is 0 Å². The third-order valence-corrected chi connectivity index (χ3v) is 6.55. The number of ether oxygens (including phenoxy) is 2. The second-order valence-corrected chi connectivity index (χ2v) is 8.42. The molecule has 1 heterocycles. The molecule has 0 aromatic heterocycles. The van der Waals surface area contributed by atoms with Crippen LogP contribution in [0.1, 0.15) is 54.8 Å². The van der Waals surface area contributed by atoms with E-state index in [0.717, 1.165) is 37.7 Å². The van der Waals surface area contributed by atoms with Crippen molar-refractivity contribution in [2.75, 3.05) is 14.2 Å². The molecule has 0 bridgehead atoms. The van der Waals surface area contributed by atoms with Gasteiger partial charge in [0.2, 0.25) is 0 Å². The third-order valence-electron chi connectivity index (χ3n) is 6.55. The second kappa shape index (κ2) is 9.07. The van der Waals surface area contributed by atoms with E-state index in [0.29, 0.717) is 22.6 Å². The van der Waals surface area contributed by atoms with Gasteiger partial charge in [-0.3, -0.25) is 9.59 Å². The van der Waals surface area contributed by atoms with E-state index >= 15 is 0 Å². The summed E-state index contributed by atoms with van der Waals surface area (Å²) in [6, 6.07) is 11.9. The summed E-state index contributed by atoms with van der Waals surface area (Å²) < 4.78 is 10.9. The fourth-order valence-electron chi connectivity index (χ4n) is 4.96. The van der Waals surface area contributed by atoms with E-state index in [9.17, 15) is 14.7 Å². The molecule has 1 atom stereocenters. The largest absolute Gasteiger partial charge is 0.507 e. The molecule has 6 heteroatoms. The zero-order valence-electron chi connectivity index (χ0n) is 18.8. The summed E-state index contributed by atoms with van der Waals surface area (Å²) in [5.41, 5.74) is 2.11. The Balaban J connectivity index is 1.90. The second-order valence-electron chi connectivity index (χ2n) is 8.42. The molecule has 2 aliphatic rings. The number of aliphatic hydroxyl groups excluding tert-OH is 1. The zero-order chi connectivity index (χ0) is 22.8. The minimum Gasteiger partial charge on any atom is -0.507 e. The van der Waals surface area contributed by atoms with Crippen LogP contribution in [-0.2, 0) is 9.59 Å². The highest BCUT2D eigenvalue weighted by Gasteiger charge is 2.49. The van der Waals surface area contributed by atoms with Crippen LogP contribution in [0.5, 0.6) is 11.5 Å². The summed E-state index contributed by atoms with van der Waals surface area (Å²) >= 11 is 0. The van der Waals surface area contributed by atoms with Crippen LogP contribution in [0.25, 0.3) is 5.76 Å². The molecule has 2 fully saturated rings. The van der Waals surface area contributed by atoms with Crippen LogP contribution >= 0.6 is 0 Å². The fraction of sp³-hybridized carbons (Fsp3) is 0.385. The van der Waals surface area contributed by atoms with E-state index in [4.69, 9.17) is 9.47 Å². The van der Waals surface area contributed by atoms with Gasteiger partial charge in [0.15, 0.2) is 0 Å². The molecule has 1 aliphatic carbocycles. The topological polar surface area (TPSA) is 76.1 Å². The van der Waals surface area contributed by atoms with Crippen LogP contribution in [0.2, 0.25) is 0 Å². The Bertz CT molecular complexity index is 1070. The zero-order valence-corrected chi connectivity index (χ0v) is 18.8. The van der Waals surface area contributed by atoms with Crippen molar-refractivity contribution in [2.24, 2.45) is 0 Å². The number of benzene rings is 2. The van der Waals surface area contributed by atoms with Crippen molar-refractivity contribution >= 4 is 17.4 Å². The van der Waals surface area contributed by atoms with Gasteiger partial charge in [0.1, 0.15) is 17.3 Å². The first-order valence-corrected chi connectivity index (χ1v) is 11.1. The summed E-state index contributed by atoms with van der Waals surface area (Å²) in [6.07, 6.45) is 4.86. The molecular formula is C26H29NO5. The third kappa shape index (κ3) is 3.74. The van der Waals surface area contributed by atoms with Gasteiger partial charge in [-0.05, 0) is 49.6 Å². The number of methoxy groups -OCH3 is 2. The van der Waals surface area contributed by atoms with Crippen molar-refractivity contribution in [1.29, 1.82) is 0 Å². The Labute approximate surface area is 188 Å². The maximum absolute atomic E-state index is 13.3. The highest BCUT2D eigenvalue weighted by atomic mass is 16.5. The minimum absolute atomic E-state index is 0.0435. The van der Waals surface area contributed by atoms with Gasteiger partial charge in [-0.15, -0.1) is 0 Å². The quantitative estimate of drug-likeness (QED) is 0.416. The molecule has 6 nitrogen and oxygen atoms in total. The average Bonchev–Trinajstić information content (AvgIpc) is 3.09. The van der Waals surface area contributed by atoms with Crippen molar-refractivity contribution in [3.63, 3.8) is 0 Å². The number of carbonyl (C=O) groups is 2. The van der Waals surface area contributed by atoms with Gasteiger partial charge in [-0.1, -0.05) is 37.5 Å². The lowest BCUT2D eigenvalue weighted by Gasteiger charge is -2.35. The van der Waals surface area contributed by atoms with Crippen LogP contribution < -0.4 is 9.47 Å². The molecule has 1 unspecified atom stereocenters. The number of aryl methyl sites for hydroxylation is 1. The highest BCUT2D eigenvalue weighted by Crippen LogP contribution is 2.45. The fourth-order valence-corrected chi connectivity index (χ4v) is 4.96. The van der Waals surface area contributed by atoms with Crippen molar-refractivity contribution in [3.8, 4) is 11.5 Å². The van der Waals surface area contributed by atoms with Crippen LogP contribution in [0.15, 0.2) is 48.0 Å². The number of Topliss-reactive ketones (excluding diaryl/α,β-unsaturated/α-hetero) is 1. The van der Waals surface area contributed by atoms with E-state index in [-0.39, 0.29) is 17.4 Å². The number of aliphatic hydroxyl groups is 1. The molecule has 168 valence electrons. The van der Waals surface area contributed by atoms with Crippen LogP contribution in [0, 0.1) is 6.92 Å². The smallest absolute Gasteiger partial charge is 0.295 e. The van der Waals surface area contributed by atoms with Crippen molar-refractivity contribution in [3.05, 3.63) is 64.7 Å². The van der Waals surface area contributed by atoms with Crippen molar-refractivity contribution in [1.82, 2.24) is 4.90 Å². The van der Waals surface area contributed by atoms with E-state index < -0.39 is 17.7 Å². The molecule has 2 aromatic carbocycles. The predicted molar refractivity (Wildman–Crippen MR) is 122 cm³/mol. The van der Waals surface area contributed by atoms with Gasteiger partial charge in [0.25, 0.3) is 11.7 Å². The number of rotatable bonds is 5. The molecule has 1 N–H and O–H groups in total. The highest BCUT2D eigenvalue weighted by molar-refractivity contribution is 6.46. The SMILES string of the molecule is COc1ccc(/C(O)=C2\C(=O)C(=O)N(C3CCCCC3)C2c2ccccc2OC)cc1C. The molecule has 0 radical (unpaired) electrons. The summed E-state index contributed by atoms with van der Waals surface area (Å²) in [5, 5.41) is 11.3. The van der Waals surface area contributed by atoms with Gasteiger partial charge in [0, 0.05) is 17.2 Å². The molecule has 2 aromatic rings. The lowest BCUT2D eigenvalue weighted by Crippen LogP contribution is -2.40. The Hall–Kier alpha value is -3.28. The first-order chi connectivity index (χ1) is 15.5. The van der Waals surface area contributed by atoms with E-state index in [1.807, 2.05) is 31.2 Å². The van der Waals surface area contributed by atoms with E-state index in [1.54, 1.807) is 37.3 Å². The lowest BCUT2D eigenvalue weighted by atomic mass is 9.90. The molecule has 1 saturated heterocycles. The Morgan fingerprint density at radius 2 is 1.66 bits per heavy atom. The maximum Gasteiger partial charge on any atom is 0.295 e. The molecule has 4 rings (SSSR count). The standard InChI is InChI=1S/C26H29NO5/c1-16-15-17(13-14-20(16)31-2)24(28)22-23(19-11-7-8-12-21(19)32-3)27(26(30)25(22)29)18-9-5-4-6-10-18/h7-8,11-15,18,23,28H,4-6,9-10H2,1-3H3/b24-22+. The first kappa shape index (κ1) is 21.9. The summed E-state index contributed by atoms with van der Waals surface area (Å²) in [6.45, 7) is 1.87. The summed E-state index contributed by atoms with van der Waals surface area (Å²) in [7, 11) is 3.15. The molecule has 1 saturated carbocycles. The molecule has 1 aliphatic heterocycles. The summed E-state index contributed by atoms with van der Waals surface area (Å²) in [5.74, 6) is -0.122. The number of likely N-dealkylation sites (tertiary alicyclic amines) is 1. The van der Waals surface area contributed by atoms with Gasteiger partial charge in [-0.2, -0.15) is 0 Å².